The van der Waals surface area contributed by atoms with Crippen molar-refractivity contribution in [1.29, 1.82) is 0 Å². The number of nitrogens with zero attached hydrogens (tertiary/aromatic N) is 3. The maximum Gasteiger partial charge on any atom is 0.407 e. The minimum absolute atomic E-state index is 0.0238. The van der Waals surface area contributed by atoms with E-state index in [0.717, 1.165) is 21.8 Å². The molecule has 0 aliphatic heterocycles. The number of H-pyrrole nitrogens is 1. The smallest absolute Gasteiger partial charge is 0.407 e. The lowest BCUT2D eigenvalue weighted by Crippen LogP contribution is -2.32. The molecule has 7 nitrogen and oxygen atoms in total. The van der Waals surface area contributed by atoms with Gasteiger partial charge < -0.3 is 15.0 Å². The fourth-order valence-corrected chi connectivity index (χ4v) is 2.69. The van der Waals surface area contributed by atoms with Crippen molar-refractivity contribution in [3.05, 3.63) is 28.5 Å². The highest BCUT2D eigenvalue weighted by atomic mass is 79.9. The molecule has 0 bridgehead atoms. The normalized spacial score (nSPS) is 12.7. The number of carbonyl (C=O) groups is 1. The zero-order chi connectivity index (χ0) is 18.6. The van der Waals surface area contributed by atoms with Crippen LogP contribution in [-0.4, -0.2) is 39.2 Å². The van der Waals surface area contributed by atoms with Crippen molar-refractivity contribution in [2.75, 3.05) is 7.11 Å². The molecule has 136 valence electrons. The summed E-state index contributed by atoms with van der Waals surface area (Å²) in [5.41, 5.74) is 1.46. The second kappa shape index (κ2) is 7.95. The third-order valence-electron chi connectivity index (χ3n) is 3.67. The summed E-state index contributed by atoms with van der Waals surface area (Å²) in [5, 5.41) is 2.73. The predicted octanol–water partition coefficient (Wildman–Crippen LogP) is 3.60. The average molecular weight is 410 g/mol. The fourth-order valence-electron chi connectivity index (χ4n) is 2.21. The number of aryl methyl sites for hydroxylation is 1. The van der Waals surface area contributed by atoms with Gasteiger partial charge >= 0.3 is 6.09 Å². The molecule has 0 aliphatic carbocycles. The van der Waals surface area contributed by atoms with Gasteiger partial charge in [-0.2, -0.15) is 0 Å². The van der Waals surface area contributed by atoms with Gasteiger partial charge in [0.2, 0.25) is 0 Å². The van der Waals surface area contributed by atoms with Crippen LogP contribution >= 0.6 is 15.9 Å². The number of hydrogen-bond acceptors (Lipinski definition) is 5. The number of carbonyl (C=O) groups excluding carboxylic acids is 1. The van der Waals surface area contributed by atoms with E-state index in [0.29, 0.717) is 18.7 Å². The third kappa shape index (κ3) is 5.26. The van der Waals surface area contributed by atoms with Crippen LogP contribution < -0.4 is 5.32 Å². The fraction of sp³-hybridized carbons (Fsp3) is 0.529. The van der Waals surface area contributed by atoms with Crippen molar-refractivity contribution in [3.63, 3.8) is 0 Å². The van der Waals surface area contributed by atoms with Crippen LogP contribution in [0.1, 0.15) is 45.8 Å². The molecule has 2 aromatic rings. The Kier molecular flexibility index (Phi) is 6.16. The Bertz CT molecular complexity index is 739. The van der Waals surface area contributed by atoms with Gasteiger partial charge in [-0.25, -0.2) is 19.7 Å². The van der Waals surface area contributed by atoms with Crippen molar-refractivity contribution >= 4 is 22.0 Å². The van der Waals surface area contributed by atoms with E-state index in [9.17, 15) is 4.79 Å². The molecule has 2 heterocycles. The van der Waals surface area contributed by atoms with Gasteiger partial charge in [-0.3, -0.25) is 0 Å². The second-order valence-electron chi connectivity index (χ2n) is 6.93. The summed E-state index contributed by atoms with van der Waals surface area (Å²) >= 11 is 3.53. The number of methoxy groups -OCH3 is 1. The number of aromatic nitrogens is 4. The Morgan fingerprint density at radius 1 is 1.40 bits per heavy atom. The van der Waals surface area contributed by atoms with Gasteiger partial charge in [-0.05, 0) is 35.3 Å². The summed E-state index contributed by atoms with van der Waals surface area (Å²) < 4.78 is 5.40. The minimum atomic E-state index is -0.433. The lowest BCUT2D eigenvalue weighted by molar-refractivity contribution is 0.167. The van der Waals surface area contributed by atoms with Gasteiger partial charge in [0.05, 0.1) is 12.8 Å². The van der Waals surface area contributed by atoms with E-state index in [4.69, 9.17) is 0 Å². The standard InChI is InChI=1S/C17H24BrN5O2/c1-10(20-16(24)25-5)6-7-12-19-9-8-11(21-12)13-14(18)23-15(22-13)17(2,3)4/h8-10H,6-7H2,1-5H3,(H,20,24)(H,22,23)/t10-/m0/s1. The topological polar surface area (TPSA) is 92.8 Å². The minimum Gasteiger partial charge on any atom is -0.453 e. The maximum absolute atomic E-state index is 11.2. The zero-order valence-electron chi connectivity index (χ0n) is 15.2. The molecular formula is C17H24BrN5O2. The highest BCUT2D eigenvalue weighted by molar-refractivity contribution is 9.10. The Morgan fingerprint density at radius 3 is 2.72 bits per heavy atom. The molecule has 0 spiro atoms. The molecule has 1 amide bonds. The van der Waals surface area contributed by atoms with E-state index in [2.05, 4.69) is 66.7 Å². The van der Waals surface area contributed by atoms with Crippen molar-refractivity contribution < 1.29 is 9.53 Å². The number of aromatic amines is 1. The molecule has 0 saturated heterocycles. The van der Waals surface area contributed by atoms with Gasteiger partial charge in [-0.1, -0.05) is 20.8 Å². The predicted molar refractivity (Wildman–Crippen MR) is 99.3 cm³/mol. The number of imidazole rings is 1. The number of nitrogens with one attached hydrogen (secondary N) is 2. The lowest BCUT2D eigenvalue weighted by atomic mass is 9.96. The van der Waals surface area contributed by atoms with Crippen LogP contribution in [0.2, 0.25) is 0 Å². The molecule has 0 saturated carbocycles. The first-order valence-corrected chi connectivity index (χ1v) is 8.92. The van der Waals surface area contributed by atoms with E-state index < -0.39 is 6.09 Å². The SMILES string of the molecule is COC(=O)N[C@@H](C)CCc1nccc(-c2nc(C(C)(C)C)[nH]c2Br)n1. The van der Waals surface area contributed by atoms with Crippen molar-refractivity contribution in [3.8, 4) is 11.4 Å². The first kappa shape index (κ1) is 19.4. The first-order chi connectivity index (χ1) is 11.7. The van der Waals surface area contributed by atoms with Gasteiger partial charge in [-0.15, -0.1) is 0 Å². The van der Waals surface area contributed by atoms with Crippen LogP contribution in [0.4, 0.5) is 4.79 Å². The number of ether oxygens (including phenoxy) is 1. The van der Waals surface area contributed by atoms with E-state index in [-0.39, 0.29) is 11.5 Å². The Hall–Kier alpha value is -1.96. The number of rotatable bonds is 5. The van der Waals surface area contributed by atoms with Crippen LogP contribution in [0.3, 0.4) is 0 Å². The molecular weight excluding hydrogens is 386 g/mol. The molecule has 0 aromatic carbocycles. The van der Waals surface area contributed by atoms with Crippen LogP contribution in [0, 0.1) is 0 Å². The molecule has 2 aromatic heterocycles. The quantitative estimate of drug-likeness (QED) is 0.786. The van der Waals surface area contributed by atoms with Crippen LogP contribution in [0.5, 0.6) is 0 Å². The molecule has 0 aliphatic rings. The molecule has 2 N–H and O–H groups in total. The summed E-state index contributed by atoms with van der Waals surface area (Å²) in [4.78, 5) is 28.1. The van der Waals surface area contributed by atoms with Crippen LogP contribution in [-0.2, 0) is 16.6 Å². The van der Waals surface area contributed by atoms with Crippen molar-refractivity contribution in [2.24, 2.45) is 0 Å². The first-order valence-electron chi connectivity index (χ1n) is 8.13. The highest BCUT2D eigenvalue weighted by Crippen LogP contribution is 2.29. The Morgan fingerprint density at radius 2 is 2.12 bits per heavy atom. The summed E-state index contributed by atoms with van der Waals surface area (Å²) in [5.74, 6) is 1.61. The molecule has 25 heavy (non-hydrogen) atoms. The van der Waals surface area contributed by atoms with Crippen molar-refractivity contribution in [2.45, 2.75) is 52.0 Å². The van der Waals surface area contributed by atoms with E-state index in [1.807, 2.05) is 13.0 Å². The third-order valence-corrected chi connectivity index (χ3v) is 4.24. The molecule has 2 rings (SSSR count). The number of hydrogen-bond donors (Lipinski definition) is 2. The van der Waals surface area contributed by atoms with Gasteiger partial charge in [0.25, 0.3) is 0 Å². The average Bonchev–Trinajstić information content (AvgIpc) is 2.95. The summed E-state index contributed by atoms with van der Waals surface area (Å²) in [6.07, 6.45) is 2.66. The summed E-state index contributed by atoms with van der Waals surface area (Å²) in [6, 6.07) is 1.82. The van der Waals surface area contributed by atoms with Crippen LogP contribution in [0.15, 0.2) is 16.9 Å². The Labute approximate surface area is 156 Å². The molecule has 0 radical (unpaired) electrons. The van der Waals surface area contributed by atoms with Crippen LogP contribution in [0.25, 0.3) is 11.4 Å². The van der Waals surface area contributed by atoms with E-state index in [1.165, 1.54) is 7.11 Å². The summed E-state index contributed by atoms with van der Waals surface area (Å²) in [6.45, 7) is 8.22. The van der Waals surface area contributed by atoms with Gasteiger partial charge in [0.1, 0.15) is 21.9 Å². The monoisotopic (exact) mass is 409 g/mol. The van der Waals surface area contributed by atoms with Crippen molar-refractivity contribution in [1.82, 2.24) is 25.3 Å². The number of alkyl carbamates (subject to hydrolysis) is 1. The Balaban J connectivity index is 2.11. The summed E-state index contributed by atoms with van der Waals surface area (Å²) in [7, 11) is 1.35. The van der Waals surface area contributed by atoms with E-state index in [1.54, 1.807) is 6.20 Å². The maximum atomic E-state index is 11.2. The highest BCUT2D eigenvalue weighted by Gasteiger charge is 2.21. The number of amides is 1. The zero-order valence-corrected chi connectivity index (χ0v) is 16.8. The molecule has 1 atom stereocenters. The lowest BCUT2D eigenvalue weighted by Gasteiger charge is -2.13. The van der Waals surface area contributed by atoms with Gasteiger partial charge in [0, 0.05) is 24.1 Å². The van der Waals surface area contributed by atoms with Gasteiger partial charge in [0.15, 0.2) is 0 Å². The molecule has 0 fully saturated rings. The molecule has 0 unspecified atom stereocenters. The second-order valence-corrected chi connectivity index (χ2v) is 7.72. The molecule has 8 heteroatoms. The largest absolute Gasteiger partial charge is 0.453 e. The van der Waals surface area contributed by atoms with E-state index >= 15 is 0 Å². The number of halogens is 1.